The van der Waals surface area contributed by atoms with Crippen molar-refractivity contribution in [3.63, 3.8) is 0 Å². The van der Waals surface area contributed by atoms with Crippen LogP contribution in [0.15, 0.2) is 0 Å². The Bertz CT molecular complexity index is 202. The largest absolute Gasteiger partial charge is 0.461 e. The van der Waals surface area contributed by atoms with Crippen molar-refractivity contribution in [1.29, 1.82) is 0 Å². The van der Waals surface area contributed by atoms with Crippen LogP contribution in [0.25, 0.3) is 0 Å². The van der Waals surface area contributed by atoms with E-state index in [2.05, 4.69) is 4.74 Å². The maximum absolute atomic E-state index is 10.7. The van der Waals surface area contributed by atoms with E-state index in [0.29, 0.717) is 0 Å². The lowest BCUT2D eigenvalue weighted by atomic mass is 10.4. The average Bonchev–Trinajstić information content (AvgIpc) is 1.95. The molecule has 0 saturated carbocycles. The number of nitro groups is 1. The van der Waals surface area contributed by atoms with E-state index in [1.807, 2.05) is 0 Å². The van der Waals surface area contributed by atoms with Gasteiger partial charge in [-0.3, -0.25) is 14.9 Å². The predicted molar refractivity (Wildman–Crippen MR) is 47.7 cm³/mol. The maximum atomic E-state index is 10.7. The van der Waals surface area contributed by atoms with E-state index in [1.54, 1.807) is 0 Å². The first kappa shape index (κ1) is 12.7. The van der Waals surface area contributed by atoms with Crippen LogP contribution >= 0.6 is 34.8 Å². The molecule has 0 saturated heterocycles. The SMILES string of the molecule is O=C(CC[N+](=O)[O-])OCC(Cl)(Cl)Cl. The minimum atomic E-state index is -1.68. The summed E-state index contributed by atoms with van der Waals surface area (Å²) in [6.07, 6.45) is -0.326. The molecule has 0 heterocycles. The number of hydrogen-bond donors (Lipinski definition) is 0. The molecule has 0 aromatic heterocycles. The van der Waals surface area contributed by atoms with Crippen molar-refractivity contribution in [2.75, 3.05) is 13.2 Å². The molecule has 5 nitrogen and oxygen atoms in total. The monoisotopic (exact) mass is 249 g/mol. The molecule has 0 aromatic carbocycles. The minimum Gasteiger partial charge on any atom is -0.461 e. The van der Waals surface area contributed by atoms with Crippen LogP contribution in [-0.4, -0.2) is 27.8 Å². The van der Waals surface area contributed by atoms with Gasteiger partial charge < -0.3 is 4.74 Å². The second kappa shape index (κ2) is 5.47. The highest BCUT2D eigenvalue weighted by atomic mass is 35.6. The normalized spacial score (nSPS) is 11.0. The maximum Gasteiger partial charge on any atom is 0.312 e. The highest BCUT2D eigenvalue weighted by Crippen LogP contribution is 2.25. The molecule has 0 rings (SSSR count). The first-order valence-electron chi connectivity index (χ1n) is 3.15. The van der Waals surface area contributed by atoms with Gasteiger partial charge in [-0.1, -0.05) is 34.8 Å². The predicted octanol–water partition coefficient (Wildman–Crippen LogP) is 1.57. The van der Waals surface area contributed by atoms with Crippen molar-refractivity contribution in [2.45, 2.75) is 10.2 Å². The van der Waals surface area contributed by atoms with Crippen LogP contribution in [0.3, 0.4) is 0 Å². The third-order valence-electron chi connectivity index (χ3n) is 0.895. The van der Waals surface area contributed by atoms with Crippen molar-refractivity contribution in [3.8, 4) is 0 Å². The Balaban J connectivity index is 3.58. The number of nitrogens with zero attached hydrogens (tertiary/aromatic N) is 1. The summed E-state index contributed by atoms with van der Waals surface area (Å²) < 4.78 is 2.74. The van der Waals surface area contributed by atoms with E-state index < -0.39 is 27.8 Å². The Labute approximate surface area is 89.0 Å². The van der Waals surface area contributed by atoms with Gasteiger partial charge in [-0.15, -0.1) is 0 Å². The van der Waals surface area contributed by atoms with Crippen molar-refractivity contribution in [2.24, 2.45) is 0 Å². The fourth-order valence-electron chi connectivity index (χ4n) is 0.417. The second-order valence-electron chi connectivity index (χ2n) is 2.08. The highest BCUT2D eigenvalue weighted by Gasteiger charge is 2.22. The molecule has 0 aliphatic carbocycles. The van der Waals surface area contributed by atoms with Crippen LogP contribution < -0.4 is 0 Å². The number of carbonyl (C=O) groups is 1. The number of hydrogen-bond acceptors (Lipinski definition) is 4. The van der Waals surface area contributed by atoms with Gasteiger partial charge in [0.1, 0.15) is 13.0 Å². The van der Waals surface area contributed by atoms with E-state index >= 15 is 0 Å². The van der Waals surface area contributed by atoms with Crippen LogP contribution in [0, 0.1) is 10.1 Å². The second-order valence-corrected chi connectivity index (χ2v) is 4.60. The molecule has 76 valence electrons. The van der Waals surface area contributed by atoms with Crippen LogP contribution in [-0.2, 0) is 9.53 Å². The van der Waals surface area contributed by atoms with E-state index in [1.165, 1.54) is 0 Å². The Morgan fingerprint density at radius 2 is 2.00 bits per heavy atom. The molecule has 0 N–H and O–H groups in total. The molecule has 0 aromatic rings. The van der Waals surface area contributed by atoms with Crippen LogP contribution in [0.5, 0.6) is 0 Å². The van der Waals surface area contributed by atoms with Gasteiger partial charge in [0.05, 0.1) is 0 Å². The molecular weight excluding hydrogens is 244 g/mol. The molecule has 0 aliphatic heterocycles. The van der Waals surface area contributed by atoms with Gasteiger partial charge in [0.25, 0.3) is 0 Å². The van der Waals surface area contributed by atoms with Gasteiger partial charge in [-0.05, 0) is 0 Å². The van der Waals surface area contributed by atoms with Crippen molar-refractivity contribution < 1.29 is 14.5 Å². The smallest absolute Gasteiger partial charge is 0.312 e. The zero-order valence-electron chi connectivity index (χ0n) is 6.34. The number of rotatable bonds is 4. The van der Waals surface area contributed by atoms with E-state index in [9.17, 15) is 14.9 Å². The number of esters is 1. The Morgan fingerprint density at radius 1 is 1.46 bits per heavy atom. The number of alkyl halides is 3. The van der Waals surface area contributed by atoms with Crippen molar-refractivity contribution >= 4 is 40.8 Å². The van der Waals surface area contributed by atoms with Gasteiger partial charge in [-0.25, -0.2) is 0 Å². The first-order chi connectivity index (χ1) is 5.81. The van der Waals surface area contributed by atoms with Crippen LogP contribution in [0.4, 0.5) is 0 Å². The molecule has 8 heteroatoms. The number of ether oxygens (including phenoxy) is 1. The summed E-state index contributed by atoms with van der Waals surface area (Å²) in [7, 11) is 0. The Morgan fingerprint density at radius 3 is 2.38 bits per heavy atom. The number of halogens is 3. The molecule has 0 bridgehead atoms. The fourth-order valence-corrected chi connectivity index (χ4v) is 0.581. The molecule has 0 aliphatic rings. The highest BCUT2D eigenvalue weighted by molar-refractivity contribution is 6.67. The van der Waals surface area contributed by atoms with Crippen molar-refractivity contribution in [1.82, 2.24) is 0 Å². The third kappa shape index (κ3) is 9.66. The Hall–Kier alpha value is -0.260. The summed E-state index contributed by atoms with van der Waals surface area (Å²) in [6.45, 7) is -0.896. The molecule has 0 fully saturated rings. The lowest BCUT2D eigenvalue weighted by molar-refractivity contribution is -0.479. The van der Waals surface area contributed by atoms with E-state index in [0.717, 1.165) is 0 Å². The summed E-state index contributed by atoms with van der Waals surface area (Å²) in [5, 5.41) is 9.82. The molecule has 0 unspecified atom stereocenters. The molecule has 0 amide bonds. The lowest BCUT2D eigenvalue weighted by Gasteiger charge is -2.10. The fraction of sp³-hybridized carbons (Fsp3) is 0.800. The summed E-state index contributed by atoms with van der Waals surface area (Å²) in [4.78, 5) is 19.9. The Kier molecular flexibility index (Phi) is 5.36. The molecule has 0 spiro atoms. The van der Waals surface area contributed by atoms with Gasteiger partial charge >= 0.3 is 5.97 Å². The van der Waals surface area contributed by atoms with E-state index in [-0.39, 0.29) is 6.42 Å². The zero-order valence-corrected chi connectivity index (χ0v) is 8.60. The standard InChI is InChI=1S/C5H6Cl3NO4/c6-5(7,8)3-13-4(10)1-2-9(11)12/h1-3H2. The summed E-state index contributed by atoms with van der Waals surface area (Å²) in [5.41, 5.74) is 0. The topological polar surface area (TPSA) is 69.4 Å². The van der Waals surface area contributed by atoms with Gasteiger partial charge in [-0.2, -0.15) is 0 Å². The average molecular weight is 250 g/mol. The third-order valence-corrected chi connectivity index (χ3v) is 1.22. The summed E-state index contributed by atoms with van der Waals surface area (Å²) in [5.74, 6) is -0.761. The quantitative estimate of drug-likeness (QED) is 0.329. The molecular formula is C5H6Cl3NO4. The molecule has 0 atom stereocenters. The van der Waals surface area contributed by atoms with Gasteiger partial charge in [0.2, 0.25) is 10.3 Å². The van der Waals surface area contributed by atoms with Crippen LogP contribution in [0.1, 0.15) is 6.42 Å². The van der Waals surface area contributed by atoms with E-state index in [4.69, 9.17) is 34.8 Å². The molecule has 0 radical (unpaired) electrons. The lowest BCUT2D eigenvalue weighted by Crippen LogP contribution is -2.19. The van der Waals surface area contributed by atoms with Crippen molar-refractivity contribution in [3.05, 3.63) is 10.1 Å². The minimum absolute atomic E-state index is 0.326. The van der Waals surface area contributed by atoms with Crippen LogP contribution in [0.2, 0.25) is 0 Å². The summed E-state index contributed by atoms with van der Waals surface area (Å²) >= 11 is 15.8. The first-order valence-corrected chi connectivity index (χ1v) is 4.29. The summed E-state index contributed by atoms with van der Waals surface area (Å²) in [6, 6.07) is 0. The number of carbonyl (C=O) groups excluding carboxylic acids is 1. The van der Waals surface area contributed by atoms with Gasteiger partial charge in [0.15, 0.2) is 0 Å². The van der Waals surface area contributed by atoms with Gasteiger partial charge in [0, 0.05) is 4.92 Å². The molecule has 13 heavy (non-hydrogen) atoms. The zero-order chi connectivity index (χ0) is 10.5.